The summed E-state index contributed by atoms with van der Waals surface area (Å²) in [5.41, 5.74) is -0.667. The number of nitrogens with one attached hydrogen (secondary N) is 1. The van der Waals surface area contributed by atoms with Crippen molar-refractivity contribution in [1.82, 2.24) is 0 Å². The predicted molar refractivity (Wildman–Crippen MR) is 81.4 cm³/mol. The van der Waals surface area contributed by atoms with Crippen LogP contribution in [-0.4, -0.2) is 23.0 Å². The van der Waals surface area contributed by atoms with Crippen molar-refractivity contribution in [2.45, 2.75) is 0 Å². The fourth-order valence-corrected chi connectivity index (χ4v) is 2.90. The second kappa shape index (κ2) is 6.05. The zero-order chi connectivity index (χ0) is 13.8. The Balaban J connectivity index is 2.26. The zero-order valence-corrected chi connectivity index (χ0v) is 12.0. The van der Waals surface area contributed by atoms with Crippen molar-refractivity contribution in [3.05, 3.63) is 44.8 Å². The van der Waals surface area contributed by atoms with Crippen molar-refractivity contribution in [2.75, 3.05) is 0 Å². The molecule has 0 amide bonds. The average Bonchev–Trinajstić information content (AvgIpc) is 3.11. The Bertz CT molecular complexity index is 643. The van der Waals surface area contributed by atoms with Gasteiger partial charge in [0, 0.05) is 0 Å². The molecule has 0 saturated carbocycles. The first-order valence-electron chi connectivity index (χ1n) is 5.12. The lowest BCUT2D eigenvalue weighted by Gasteiger charge is -2.02. The fraction of sp³-hybridized carbons (Fsp3) is 0. The van der Waals surface area contributed by atoms with Crippen LogP contribution in [0.4, 0.5) is 0 Å². The summed E-state index contributed by atoms with van der Waals surface area (Å²) in [6, 6.07) is 6.66. The van der Waals surface area contributed by atoms with Gasteiger partial charge in [0.05, 0.1) is 9.75 Å². The molecule has 0 aromatic carbocycles. The highest BCUT2D eigenvalue weighted by Gasteiger charge is 2.25. The van der Waals surface area contributed by atoms with Crippen LogP contribution in [0.5, 0.6) is 0 Å². The molecule has 0 saturated heterocycles. The van der Waals surface area contributed by atoms with Gasteiger partial charge in [-0.3, -0.25) is 15.0 Å². The summed E-state index contributed by atoms with van der Waals surface area (Å²) in [5, 5.41) is 11.3. The Morgan fingerprint density at radius 3 is 2.00 bits per heavy atom. The number of thiol groups is 1. The molecule has 19 heavy (non-hydrogen) atoms. The van der Waals surface area contributed by atoms with Gasteiger partial charge in [-0.15, -0.1) is 22.7 Å². The molecule has 2 rings (SSSR count). The van der Waals surface area contributed by atoms with Crippen molar-refractivity contribution in [3.8, 4) is 0 Å². The Kier molecular flexibility index (Phi) is 4.41. The molecule has 96 valence electrons. The van der Waals surface area contributed by atoms with Crippen molar-refractivity contribution >= 4 is 58.5 Å². The molecule has 2 aromatic heterocycles. The van der Waals surface area contributed by atoms with Gasteiger partial charge in [-0.05, 0) is 35.7 Å². The quantitative estimate of drug-likeness (QED) is 0.506. The fourth-order valence-electron chi connectivity index (χ4n) is 1.37. The molecule has 4 nitrogen and oxygen atoms in total. The van der Waals surface area contributed by atoms with Crippen LogP contribution in [0.15, 0.2) is 39.4 Å². The smallest absolute Gasteiger partial charge is 0.224 e. The highest BCUT2D eigenvalue weighted by Crippen LogP contribution is 2.14. The van der Waals surface area contributed by atoms with E-state index < -0.39 is 17.3 Å². The number of rotatable bonds is 5. The molecule has 0 aliphatic heterocycles. The molecular weight excluding hydrogens is 300 g/mol. The number of Topliss-reactive ketones (excluding diaryl/α,β-unsaturated/α-hetero) is 2. The van der Waals surface area contributed by atoms with E-state index in [1.54, 1.807) is 35.0 Å². The van der Waals surface area contributed by atoms with E-state index in [0.717, 1.165) is 0 Å². The summed E-state index contributed by atoms with van der Waals surface area (Å²) in [6.07, 6.45) is 0. The van der Waals surface area contributed by atoms with Crippen LogP contribution < -0.4 is 0 Å². The number of ketones is 2. The van der Waals surface area contributed by atoms with Crippen molar-refractivity contribution in [1.29, 1.82) is 5.41 Å². The molecule has 1 N–H and O–H groups in total. The van der Waals surface area contributed by atoms with Crippen LogP contribution >= 0.6 is 35.5 Å². The van der Waals surface area contributed by atoms with Crippen LogP contribution in [0.3, 0.4) is 0 Å². The molecule has 0 aliphatic carbocycles. The SMILES string of the molecule is N=C(C(=O)c1cccs1)C(=NS)C(=O)c1cccs1. The first-order chi connectivity index (χ1) is 9.15. The summed E-state index contributed by atoms with van der Waals surface area (Å²) >= 11 is 6.15. The molecule has 2 aromatic rings. The average molecular weight is 308 g/mol. The highest BCUT2D eigenvalue weighted by molar-refractivity contribution is 7.79. The van der Waals surface area contributed by atoms with E-state index in [1.165, 1.54) is 22.7 Å². The van der Waals surface area contributed by atoms with Crippen LogP contribution in [0.25, 0.3) is 0 Å². The molecule has 7 heteroatoms. The lowest BCUT2D eigenvalue weighted by Crippen LogP contribution is -2.29. The van der Waals surface area contributed by atoms with Crippen LogP contribution in [-0.2, 0) is 0 Å². The number of hydrogen-bond donors (Lipinski definition) is 2. The van der Waals surface area contributed by atoms with Gasteiger partial charge >= 0.3 is 0 Å². The Hall–Kier alpha value is -1.57. The van der Waals surface area contributed by atoms with Gasteiger partial charge in [0.2, 0.25) is 11.6 Å². The number of carbonyl (C=O) groups is 2. The van der Waals surface area contributed by atoms with E-state index in [0.29, 0.717) is 9.75 Å². The van der Waals surface area contributed by atoms with Crippen LogP contribution in [0.2, 0.25) is 0 Å². The summed E-state index contributed by atoms with van der Waals surface area (Å²) in [7, 11) is 0. The first kappa shape index (κ1) is 13.9. The van der Waals surface area contributed by atoms with Gasteiger partial charge in [-0.2, -0.15) is 0 Å². The van der Waals surface area contributed by atoms with Crippen molar-refractivity contribution in [2.24, 2.45) is 4.40 Å². The topological polar surface area (TPSA) is 70.3 Å². The minimum absolute atomic E-state index is 0.232. The predicted octanol–water partition coefficient (Wildman–Crippen LogP) is 3.18. The van der Waals surface area contributed by atoms with Crippen molar-refractivity contribution < 1.29 is 9.59 Å². The summed E-state index contributed by atoms with van der Waals surface area (Å²) in [5.74, 6) is -0.979. The minimum atomic E-state index is -0.521. The van der Waals surface area contributed by atoms with Gasteiger partial charge in [0.25, 0.3) is 0 Å². The number of nitrogens with zero attached hydrogens (tertiary/aromatic N) is 1. The molecule has 0 radical (unpaired) electrons. The molecule has 2 heterocycles. The molecular formula is C12H8N2O2S3. The van der Waals surface area contributed by atoms with Gasteiger partial charge < -0.3 is 0 Å². The molecule has 0 spiro atoms. The van der Waals surface area contributed by atoms with E-state index in [9.17, 15) is 9.59 Å². The lowest BCUT2D eigenvalue weighted by atomic mass is 10.1. The summed E-state index contributed by atoms with van der Waals surface area (Å²) in [4.78, 5) is 24.9. The Morgan fingerprint density at radius 2 is 1.58 bits per heavy atom. The second-order valence-electron chi connectivity index (χ2n) is 3.44. The third-order valence-corrected chi connectivity index (χ3v) is 4.21. The van der Waals surface area contributed by atoms with Gasteiger partial charge in [0.1, 0.15) is 11.4 Å². The molecule has 0 bridgehead atoms. The van der Waals surface area contributed by atoms with Gasteiger partial charge in [-0.1, -0.05) is 12.1 Å². The summed E-state index contributed by atoms with van der Waals surface area (Å²) < 4.78 is 3.50. The zero-order valence-electron chi connectivity index (χ0n) is 9.49. The summed E-state index contributed by atoms with van der Waals surface area (Å²) in [6.45, 7) is 0. The van der Waals surface area contributed by atoms with E-state index in [1.807, 2.05) is 0 Å². The third-order valence-electron chi connectivity index (χ3n) is 2.27. The standard InChI is InChI=1S/C12H8N2O2S3/c13-9(11(15)7-3-1-5-18-7)10(14-17)12(16)8-4-2-6-19-8/h1-6,13,17H. The Morgan fingerprint density at radius 1 is 1.05 bits per heavy atom. The monoisotopic (exact) mass is 308 g/mol. The maximum atomic E-state index is 12.1. The van der Waals surface area contributed by atoms with E-state index in [2.05, 4.69) is 17.2 Å². The van der Waals surface area contributed by atoms with Gasteiger partial charge in [0.15, 0.2) is 0 Å². The lowest BCUT2D eigenvalue weighted by molar-refractivity contribution is 0.105. The minimum Gasteiger partial charge on any atom is -0.295 e. The molecule has 0 fully saturated rings. The van der Waals surface area contributed by atoms with E-state index >= 15 is 0 Å². The highest BCUT2D eigenvalue weighted by atomic mass is 32.1. The van der Waals surface area contributed by atoms with Gasteiger partial charge in [-0.25, -0.2) is 4.40 Å². The van der Waals surface area contributed by atoms with Crippen molar-refractivity contribution in [3.63, 3.8) is 0 Å². The number of thiophene rings is 2. The normalized spacial score (nSPS) is 11.3. The molecule has 0 unspecified atom stereocenters. The molecule has 0 aliphatic rings. The molecule has 0 atom stereocenters. The first-order valence-corrected chi connectivity index (χ1v) is 7.28. The van der Waals surface area contributed by atoms with E-state index in [4.69, 9.17) is 5.41 Å². The van der Waals surface area contributed by atoms with Crippen LogP contribution in [0, 0.1) is 5.41 Å². The largest absolute Gasteiger partial charge is 0.295 e. The number of hydrogen-bond acceptors (Lipinski definition) is 7. The maximum absolute atomic E-state index is 12.1. The number of carbonyl (C=O) groups excluding carboxylic acids is 2. The third kappa shape index (κ3) is 2.89. The van der Waals surface area contributed by atoms with Crippen LogP contribution in [0.1, 0.15) is 19.3 Å². The van der Waals surface area contributed by atoms with E-state index in [-0.39, 0.29) is 5.71 Å². The Labute approximate surface area is 122 Å². The maximum Gasteiger partial charge on any atom is 0.224 e. The second-order valence-corrected chi connectivity index (χ2v) is 5.53.